The Bertz CT molecular complexity index is 494. The minimum absolute atomic E-state index is 0.219. The maximum atomic E-state index is 11.7. The number of carboxylic acid groups (broad SMARTS) is 1. The maximum absolute atomic E-state index is 11.7. The van der Waals surface area contributed by atoms with Crippen LogP contribution in [-0.2, 0) is 4.79 Å². The molecule has 0 fully saturated rings. The highest BCUT2D eigenvalue weighted by molar-refractivity contribution is 9.10. The van der Waals surface area contributed by atoms with Gasteiger partial charge in [0.15, 0.2) is 0 Å². The first-order valence-electron chi connectivity index (χ1n) is 5.56. The van der Waals surface area contributed by atoms with E-state index in [1.807, 2.05) is 0 Å². The lowest BCUT2D eigenvalue weighted by molar-refractivity contribution is -0.140. The van der Waals surface area contributed by atoms with Gasteiger partial charge in [0.25, 0.3) is 0 Å². The lowest BCUT2D eigenvalue weighted by Crippen LogP contribution is -2.46. The third kappa shape index (κ3) is 4.72. The summed E-state index contributed by atoms with van der Waals surface area (Å²) in [6.45, 7) is 3.43. The molecule has 0 heterocycles. The zero-order valence-corrected chi connectivity index (χ0v) is 12.7. The summed E-state index contributed by atoms with van der Waals surface area (Å²) in [5.74, 6) is -1.30. The average Bonchev–Trinajstić information content (AvgIpc) is 2.29. The van der Waals surface area contributed by atoms with Crippen molar-refractivity contribution in [1.29, 1.82) is 0 Å². The van der Waals surface area contributed by atoms with E-state index >= 15 is 0 Å². The zero-order chi connectivity index (χ0) is 14.6. The van der Waals surface area contributed by atoms with Crippen LogP contribution in [0.25, 0.3) is 0 Å². The fraction of sp³-hybridized carbons (Fsp3) is 0.333. The highest BCUT2D eigenvalue weighted by Crippen LogP contribution is 2.25. The van der Waals surface area contributed by atoms with Gasteiger partial charge in [0.2, 0.25) is 0 Å². The number of aliphatic carboxylic acids is 1. The number of nitrogens with one attached hydrogen (secondary N) is 2. The fourth-order valence-corrected chi connectivity index (χ4v) is 2.12. The molecule has 0 radical (unpaired) electrons. The number of urea groups is 1. The van der Waals surface area contributed by atoms with Crippen molar-refractivity contribution >= 4 is 45.2 Å². The highest BCUT2D eigenvalue weighted by atomic mass is 79.9. The van der Waals surface area contributed by atoms with Gasteiger partial charge in [-0.15, -0.1) is 0 Å². The van der Waals surface area contributed by atoms with Gasteiger partial charge in [-0.1, -0.05) is 41.4 Å². The first-order chi connectivity index (χ1) is 8.81. The molecule has 2 amide bonds. The summed E-state index contributed by atoms with van der Waals surface area (Å²) >= 11 is 9.20. The van der Waals surface area contributed by atoms with Crippen LogP contribution in [0, 0.1) is 5.92 Å². The van der Waals surface area contributed by atoms with E-state index in [1.165, 1.54) is 0 Å². The molecule has 0 spiro atoms. The maximum Gasteiger partial charge on any atom is 0.326 e. The third-order valence-corrected chi connectivity index (χ3v) is 3.20. The summed E-state index contributed by atoms with van der Waals surface area (Å²) in [6.07, 6.45) is 0. The number of carbonyl (C=O) groups is 2. The van der Waals surface area contributed by atoms with E-state index in [2.05, 4.69) is 26.6 Å². The number of halogens is 2. The second-order valence-electron chi connectivity index (χ2n) is 4.28. The highest BCUT2D eigenvalue weighted by Gasteiger charge is 2.23. The molecule has 1 rings (SSSR count). The first kappa shape index (κ1) is 15.8. The van der Waals surface area contributed by atoms with E-state index in [0.29, 0.717) is 10.7 Å². The Hall–Kier alpha value is -1.27. The molecule has 0 aliphatic rings. The molecule has 1 aromatic carbocycles. The van der Waals surface area contributed by atoms with Crippen molar-refractivity contribution in [3.63, 3.8) is 0 Å². The lowest BCUT2D eigenvalue weighted by atomic mass is 10.1. The van der Waals surface area contributed by atoms with Gasteiger partial charge in [-0.05, 0) is 24.1 Å². The van der Waals surface area contributed by atoms with Gasteiger partial charge in [0.05, 0.1) is 10.7 Å². The Balaban J connectivity index is 2.72. The Labute approximate surface area is 124 Å². The van der Waals surface area contributed by atoms with Crippen molar-refractivity contribution < 1.29 is 14.7 Å². The summed E-state index contributed by atoms with van der Waals surface area (Å²) in [5.41, 5.74) is 0.412. The van der Waals surface area contributed by atoms with E-state index in [9.17, 15) is 9.59 Å². The van der Waals surface area contributed by atoms with Gasteiger partial charge in [-0.25, -0.2) is 9.59 Å². The number of hydrogen-bond acceptors (Lipinski definition) is 2. The van der Waals surface area contributed by atoms with E-state index in [1.54, 1.807) is 32.0 Å². The predicted octanol–water partition coefficient (Wildman–Crippen LogP) is 3.33. The molecule has 7 heteroatoms. The molecule has 19 heavy (non-hydrogen) atoms. The van der Waals surface area contributed by atoms with Gasteiger partial charge >= 0.3 is 12.0 Å². The van der Waals surface area contributed by atoms with Gasteiger partial charge in [-0.3, -0.25) is 0 Å². The molecule has 0 unspecified atom stereocenters. The largest absolute Gasteiger partial charge is 0.480 e. The van der Waals surface area contributed by atoms with Crippen LogP contribution >= 0.6 is 27.5 Å². The standard InChI is InChI=1S/C12H14BrClN2O3/c1-6(2)10(11(17)18)16-12(19)15-9-4-3-7(13)5-8(9)14/h3-6,10H,1-2H3,(H,17,18)(H2,15,16,19)/t10-/m1/s1. The second-order valence-corrected chi connectivity index (χ2v) is 5.61. The molecule has 0 aromatic heterocycles. The number of carboxylic acids is 1. The van der Waals surface area contributed by atoms with Crippen LogP contribution in [0.15, 0.2) is 22.7 Å². The summed E-state index contributed by atoms with van der Waals surface area (Å²) in [5, 5.41) is 14.2. The van der Waals surface area contributed by atoms with Crippen LogP contribution < -0.4 is 10.6 Å². The molecule has 0 aliphatic heterocycles. The number of anilines is 1. The number of benzene rings is 1. The molecule has 0 saturated carbocycles. The Morgan fingerprint density at radius 1 is 1.37 bits per heavy atom. The van der Waals surface area contributed by atoms with E-state index in [-0.39, 0.29) is 5.92 Å². The number of carbonyl (C=O) groups excluding carboxylic acids is 1. The molecule has 3 N–H and O–H groups in total. The predicted molar refractivity (Wildman–Crippen MR) is 77.6 cm³/mol. The monoisotopic (exact) mass is 348 g/mol. The van der Waals surface area contributed by atoms with Crippen molar-refractivity contribution in [1.82, 2.24) is 5.32 Å². The minimum Gasteiger partial charge on any atom is -0.480 e. The number of amides is 2. The normalized spacial score (nSPS) is 12.1. The quantitative estimate of drug-likeness (QED) is 0.780. The van der Waals surface area contributed by atoms with Crippen LogP contribution in [0.1, 0.15) is 13.8 Å². The lowest BCUT2D eigenvalue weighted by Gasteiger charge is -2.18. The molecule has 0 saturated heterocycles. The van der Waals surface area contributed by atoms with Crippen molar-refractivity contribution in [2.24, 2.45) is 5.92 Å². The van der Waals surface area contributed by atoms with Gasteiger partial charge in [-0.2, -0.15) is 0 Å². The first-order valence-corrected chi connectivity index (χ1v) is 6.73. The Kier molecular flexibility index (Phi) is 5.62. The van der Waals surface area contributed by atoms with E-state index in [0.717, 1.165) is 4.47 Å². The number of hydrogen-bond donors (Lipinski definition) is 3. The minimum atomic E-state index is -1.08. The van der Waals surface area contributed by atoms with Crippen LogP contribution in [0.5, 0.6) is 0 Å². The third-order valence-electron chi connectivity index (χ3n) is 2.40. The van der Waals surface area contributed by atoms with Crippen molar-refractivity contribution in [2.45, 2.75) is 19.9 Å². The van der Waals surface area contributed by atoms with Crippen molar-refractivity contribution in [3.05, 3.63) is 27.7 Å². The molecular weight excluding hydrogens is 336 g/mol. The van der Waals surface area contributed by atoms with Crippen LogP contribution in [0.4, 0.5) is 10.5 Å². The van der Waals surface area contributed by atoms with Gasteiger partial charge in [0, 0.05) is 4.47 Å². The molecule has 0 bridgehead atoms. The zero-order valence-electron chi connectivity index (χ0n) is 10.4. The Morgan fingerprint density at radius 2 is 2.00 bits per heavy atom. The summed E-state index contributed by atoms with van der Waals surface area (Å²) < 4.78 is 0.786. The summed E-state index contributed by atoms with van der Waals surface area (Å²) in [4.78, 5) is 22.7. The molecule has 5 nitrogen and oxygen atoms in total. The van der Waals surface area contributed by atoms with Crippen LogP contribution in [0.3, 0.4) is 0 Å². The Morgan fingerprint density at radius 3 is 2.47 bits per heavy atom. The van der Waals surface area contributed by atoms with Gasteiger partial charge in [0.1, 0.15) is 6.04 Å². The SMILES string of the molecule is CC(C)[C@@H](NC(=O)Nc1ccc(Br)cc1Cl)C(=O)O. The van der Waals surface area contributed by atoms with Crippen molar-refractivity contribution in [3.8, 4) is 0 Å². The van der Waals surface area contributed by atoms with Crippen LogP contribution in [0.2, 0.25) is 5.02 Å². The fourth-order valence-electron chi connectivity index (χ4n) is 1.40. The number of rotatable bonds is 4. The van der Waals surface area contributed by atoms with Crippen molar-refractivity contribution in [2.75, 3.05) is 5.32 Å². The molecule has 0 aliphatic carbocycles. The smallest absolute Gasteiger partial charge is 0.326 e. The molecule has 104 valence electrons. The molecule has 1 aromatic rings. The summed E-state index contributed by atoms with van der Waals surface area (Å²) in [6, 6.07) is 3.42. The van der Waals surface area contributed by atoms with Gasteiger partial charge < -0.3 is 15.7 Å². The summed E-state index contributed by atoms with van der Waals surface area (Å²) in [7, 11) is 0. The van der Waals surface area contributed by atoms with Crippen LogP contribution in [-0.4, -0.2) is 23.1 Å². The topological polar surface area (TPSA) is 78.4 Å². The van der Waals surface area contributed by atoms with E-state index in [4.69, 9.17) is 16.7 Å². The van der Waals surface area contributed by atoms with E-state index < -0.39 is 18.0 Å². The average molecular weight is 350 g/mol. The molecular formula is C12H14BrClN2O3. The second kappa shape index (κ2) is 6.77. The molecule has 1 atom stereocenters.